The van der Waals surface area contributed by atoms with Gasteiger partial charge in [-0.2, -0.15) is 0 Å². The molecule has 0 radical (unpaired) electrons. The summed E-state index contributed by atoms with van der Waals surface area (Å²) in [5, 5.41) is 14.3. The lowest BCUT2D eigenvalue weighted by atomic mass is 10.2. The summed E-state index contributed by atoms with van der Waals surface area (Å²) in [6, 6.07) is 1.31. The number of nitro benzene ring substituents is 1. The molecule has 1 aromatic rings. The lowest BCUT2D eigenvalue weighted by molar-refractivity contribution is -0.383. The molecule has 0 unspecified atom stereocenters. The monoisotopic (exact) mass is 265 g/mol. The summed E-state index contributed by atoms with van der Waals surface area (Å²) in [6.45, 7) is 0.814. The molecular formula is C10H11N5O4. The van der Waals surface area contributed by atoms with E-state index in [1.807, 2.05) is 0 Å². The highest BCUT2D eigenvalue weighted by molar-refractivity contribution is 5.81. The van der Waals surface area contributed by atoms with E-state index >= 15 is 0 Å². The Hall–Kier alpha value is -2.67. The van der Waals surface area contributed by atoms with Gasteiger partial charge in [0, 0.05) is 11.0 Å². The first-order valence-corrected chi connectivity index (χ1v) is 5.56. The number of azide groups is 1. The van der Waals surface area contributed by atoms with Crippen LogP contribution >= 0.6 is 0 Å². The summed E-state index contributed by atoms with van der Waals surface area (Å²) in [5.74, 6) is 0.323. The molecule has 0 amide bonds. The van der Waals surface area contributed by atoms with Gasteiger partial charge in [-0.3, -0.25) is 10.1 Å². The van der Waals surface area contributed by atoms with Gasteiger partial charge in [-0.25, -0.2) is 0 Å². The van der Waals surface area contributed by atoms with E-state index in [2.05, 4.69) is 10.0 Å². The van der Waals surface area contributed by atoms with Crippen molar-refractivity contribution in [3.63, 3.8) is 0 Å². The molecule has 2 N–H and O–H groups in total. The van der Waals surface area contributed by atoms with Crippen LogP contribution < -0.4 is 15.2 Å². The zero-order chi connectivity index (χ0) is 13.8. The summed E-state index contributed by atoms with van der Waals surface area (Å²) < 4.78 is 10.8. The number of benzene rings is 1. The highest BCUT2D eigenvalue weighted by atomic mass is 16.6. The Balaban J connectivity index is 2.68. The predicted molar refractivity (Wildman–Crippen MR) is 66.5 cm³/mol. The van der Waals surface area contributed by atoms with Gasteiger partial charge < -0.3 is 15.2 Å². The van der Waals surface area contributed by atoms with Gasteiger partial charge in [0.15, 0.2) is 17.2 Å². The number of nitrogens with zero attached hydrogens (tertiary/aromatic N) is 4. The van der Waals surface area contributed by atoms with Crippen LogP contribution in [0.2, 0.25) is 0 Å². The smallest absolute Gasteiger partial charge is 0.305 e. The molecule has 1 heterocycles. The van der Waals surface area contributed by atoms with Crippen molar-refractivity contribution in [2.24, 2.45) is 5.11 Å². The molecule has 2 rings (SSSR count). The molecule has 0 atom stereocenters. The van der Waals surface area contributed by atoms with E-state index in [0.717, 1.165) is 12.8 Å². The van der Waals surface area contributed by atoms with Crippen molar-refractivity contribution in [1.29, 1.82) is 0 Å². The molecule has 0 bridgehead atoms. The van der Waals surface area contributed by atoms with Crippen LogP contribution in [0.25, 0.3) is 10.4 Å². The topological polar surface area (TPSA) is 136 Å². The van der Waals surface area contributed by atoms with E-state index in [1.54, 1.807) is 0 Å². The Morgan fingerprint density at radius 1 is 1.42 bits per heavy atom. The van der Waals surface area contributed by atoms with Crippen molar-refractivity contribution in [2.45, 2.75) is 12.8 Å². The van der Waals surface area contributed by atoms with Crippen LogP contribution in [0.5, 0.6) is 11.5 Å². The van der Waals surface area contributed by atoms with E-state index < -0.39 is 10.6 Å². The Labute approximate surface area is 107 Å². The molecule has 0 saturated carbocycles. The first-order valence-electron chi connectivity index (χ1n) is 5.56. The minimum atomic E-state index is -0.707. The maximum absolute atomic E-state index is 11.0. The maximum atomic E-state index is 11.0. The number of anilines is 1. The normalized spacial score (nSPS) is 13.9. The minimum absolute atomic E-state index is 0.0680. The summed E-state index contributed by atoms with van der Waals surface area (Å²) in [6.07, 6.45) is 1.54. The van der Waals surface area contributed by atoms with Gasteiger partial charge in [-0.15, -0.1) is 0 Å². The minimum Gasteiger partial charge on any atom is -0.490 e. The van der Waals surface area contributed by atoms with Crippen LogP contribution in [0.4, 0.5) is 17.1 Å². The van der Waals surface area contributed by atoms with E-state index in [9.17, 15) is 10.1 Å². The van der Waals surface area contributed by atoms with Gasteiger partial charge >= 0.3 is 5.69 Å². The highest BCUT2D eigenvalue weighted by Gasteiger charge is 2.27. The molecule has 9 heteroatoms. The van der Waals surface area contributed by atoms with E-state index in [0.29, 0.717) is 13.2 Å². The van der Waals surface area contributed by atoms with Crippen molar-refractivity contribution in [3.05, 3.63) is 26.6 Å². The first-order chi connectivity index (χ1) is 9.15. The SMILES string of the molecule is [N-]=[N+]=Nc1c2c(cc(N)c1[N+](=O)[O-])OCCCCO2. The third-order valence-electron chi connectivity index (χ3n) is 2.59. The van der Waals surface area contributed by atoms with Crippen molar-refractivity contribution in [1.82, 2.24) is 0 Å². The molecule has 1 aliphatic rings. The molecule has 0 aromatic heterocycles. The summed E-state index contributed by atoms with van der Waals surface area (Å²) >= 11 is 0. The van der Waals surface area contributed by atoms with Crippen LogP contribution in [0, 0.1) is 10.1 Å². The van der Waals surface area contributed by atoms with Crippen molar-refractivity contribution >= 4 is 17.1 Å². The predicted octanol–water partition coefficient (Wildman–Crippen LogP) is 2.67. The number of hydrogen-bond donors (Lipinski definition) is 1. The molecule has 0 fully saturated rings. The van der Waals surface area contributed by atoms with Crippen LogP contribution in [0.1, 0.15) is 12.8 Å². The Morgan fingerprint density at radius 2 is 2.11 bits per heavy atom. The van der Waals surface area contributed by atoms with E-state index in [-0.39, 0.29) is 22.9 Å². The number of nitrogens with two attached hydrogens (primary N) is 1. The second-order valence-corrected chi connectivity index (χ2v) is 3.84. The quantitative estimate of drug-likeness (QED) is 0.219. The van der Waals surface area contributed by atoms with Crippen molar-refractivity contribution in [2.75, 3.05) is 18.9 Å². The van der Waals surface area contributed by atoms with Crippen molar-refractivity contribution < 1.29 is 14.4 Å². The number of fused-ring (bicyclic) bond motifs is 1. The second-order valence-electron chi connectivity index (χ2n) is 3.84. The van der Waals surface area contributed by atoms with E-state index in [4.69, 9.17) is 20.7 Å². The van der Waals surface area contributed by atoms with Gasteiger partial charge in [-0.05, 0) is 23.5 Å². The molecule has 19 heavy (non-hydrogen) atoms. The molecule has 1 aliphatic heterocycles. The van der Waals surface area contributed by atoms with E-state index in [1.165, 1.54) is 6.07 Å². The fourth-order valence-electron chi connectivity index (χ4n) is 1.77. The fraction of sp³-hybridized carbons (Fsp3) is 0.400. The molecular weight excluding hydrogens is 254 g/mol. The van der Waals surface area contributed by atoms with Gasteiger partial charge in [-0.1, -0.05) is 0 Å². The van der Waals surface area contributed by atoms with Gasteiger partial charge in [0.2, 0.25) is 0 Å². The molecule has 0 aliphatic carbocycles. The number of hydrogen-bond acceptors (Lipinski definition) is 6. The molecule has 9 nitrogen and oxygen atoms in total. The summed E-state index contributed by atoms with van der Waals surface area (Å²) in [7, 11) is 0. The van der Waals surface area contributed by atoms with Crippen LogP contribution in [0.15, 0.2) is 11.2 Å². The molecule has 0 saturated heterocycles. The zero-order valence-corrected chi connectivity index (χ0v) is 9.90. The van der Waals surface area contributed by atoms with Gasteiger partial charge in [0.25, 0.3) is 0 Å². The maximum Gasteiger partial charge on any atom is 0.305 e. The Bertz CT molecular complexity index is 568. The Morgan fingerprint density at radius 3 is 2.74 bits per heavy atom. The first kappa shape index (κ1) is 12.8. The molecule has 1 aromatic carbocycles. The molecule has 0 spiro atoms. The second kappa shape index (κ2) is 5.32. The number of nitrogen functional groups attached to an aromatic ring is 1. The standard InChI is InChI=1S/C10H11N5O4/c11-6-5-7-10(19-4-2-1-3-18-7)8(13-14-12)9(6)15(16)17/h5H,1-4,11H2. The number of rotatable bonds is 2. The lowest BCUT2D eigenvalue weighted by Gasteiger charge is -2.18. The highest BCUT2D eigenvalue weighted by Crippen LogP contribution is 2.48. The van der Waals surface area contributed by atoms with Crippen LogP contribution in [-0.2, 0) is 0 Å². The summed E-state index contributed by atoms with van der Waals surface area (Å²) in [4.78, 5) is 12.9. The third-order valence-corrected chi connectivity index (χ3v) is 2.59. The molecule has 100 valence electrons. The zero-order valence-electron chi connectivity index (χ0n) is 9.90. The van der Waals surface area contributed by atoms with Crippen molar-refractivity contribution in [3.8, 4) is 11.5 Å². The largest absolute Gasteiger partial charge is 0.490 e. The lowest BCUT2D eigenvalue weighted by Crippen LogP contribution is -2.10. The van der Waals surface area contributed by atoms with Crippen LogP contribution in [-0.4, -0.2) is 18.1 Å². The fourth-order valence-corrected chi connectivity index (χ4v) is 1.77. The Kier molecular flexibility index (Phi) is 3.58. The number of nitro groups is 1. The average molecular weight is 265 g/mol. The van der Waals surface area contributed by atoms with Crippen LogP contribution in [0.3, 0.4) is 0 Å². The van der Waals surface area contributed by atoms with Gasteiger partial charge in [0.1, 0.15) is 5.69 Å². The average Bonchev–Trinajstić information content (AvgIpc) is 2.31. The summed E-state index contributed by atoms with van der Waals surface area (Å²) in [5.41, 5.74) is 13.3. The van der Waals surface area contributed by atoms with Gasteiger partial charge in [0.05, 0.1) is 18.1 Å². The number of ether oxygens (including phenoxy) is 2. The third kappa shape index (κ3) is 2.45.